The SMILES string of the molecule is COc1cccc(Cn2cc(NC(=O)Cn3cc([N+](=O)[O-])cn3)cn2)c1. The molecular formula is C16H16N6O4. The largest absolute Gasteiger partial charge is 0.497 e. The van der Waals surface area contributed by atoms with E-state index in [1.54, 1.807) is 18.0 Å². The fourth-order valence-corrected chi connectivity index (χ4v) is 2.35. The molecule has 2 heterocycles. The maximum atomic E-state index is 12.0. The van der Waals surface area contributed by atoms with Crippen molar-refractivity contribution in [1.82, 2.24) is 19.6 Å². The molecule has 0 fully saturated rings. The number of aromatic nitrogens is 4. The molecule has 3 aromatic rings. The molecule has 0 aliphatic rings. The van der Waals surface area contributed by atoms with Crippen LogP contribution in [-0.2, 0) is 17.9 Å². The number of hydrogen-bond donors (Lipinski definition) is 1. The lowest BCUT2D eigenvalue weighted by molar-refractivity contribution is -0.385. The Morgan fingerprint density at radius 2 is 2.08 bits per heavy atom. The molecular weight excluding hydrogens is 340 g/mol. The number of nitro groups is 1. The highest BCUT2D eigenvalue weighted by atomic mass is 16.6. The van der Waals surface area contributed by atoms with Crippen LogP contribution in [0.2, 0.25) is 0 Å². The molecule has 0 atom stereocenters. The van der Waals surface area contributed by atoms with Gasteiger partial charge in [-0.1, -0.05) is 12.1 Å². The third kappa shape index (κ3) is 4.23. The summed E-state index contributed by atoms with van der Waals surface area (Å²) in [6.45, 7) is 0.396. The average Bonchev–Trinajstić information content (AvgIpc) is 3.25. The van der Waals surface area contributed by atoms with Crippen LogP contribution in [0, 0.1) is 10.1 Å². The summed E-state index contributed by atoms with van der Waals surface area (Å²) >= 11 is 0. The van der Waals surface area contributed by atoms with E-state index in [0.29, 0.717) is 12.2 Å². The number of nitrogens with one attached hydrogen (secondary N) is 1. The number of hydrogen-bond acceptors (Lipinski definition) is 6. The van der Waals surface area contributed by atoms with Crippen LogP contribution in [0.4, 0.5) is 11.4 Å². The van der Waals surface area contributed by atoms with Crippen LogP contribution in [0.1, 0.15) is 5.56 Å². The van der Waals surface area contributed by atoms with Gasteiger partial charge in [0.25, 0.3) is 0 Å². The van der Waals surface area contributed by atoms with Gasteiger partial charge in [-0.25, -0.2) is 0 Å². The van der Waals surface area contributed by atoms with Crippen LogP contribution in [-0.4, -0.2) is 37.5 Å². The van der Waals surface area contributed by atoms with E-state index in [-0.39, 0.29) is 18.1 Å². The van der Waals surface area contributed by atoms with Gasteiger partial charge in [-0.2, -0.15) is 10.2 Å². The Kier molecular flexibility index (Phi) is 4.92. The van der Waals surface area contributed by atoms with Crippen molar-refractivity contribution < 1.29 is 14.5 Å². The standard InChI is InChI=1S/C16H16N6O4/c1-26-15-4-2-3-12(5-15)8-20-9-13(6-17-20)19-16(23)11-21-10-14(7-18-21)22(24)25/h2-7,9-10H,8,11H2,1H3,(H,19,23). The summed E-state index contributed by atoms with van der Waals surface area (Å²) in [5.74, 6) is 0.403. The van der Waals surface area contributed by atoms with Crippen molar-refractivity contribution in [3.05, 3.63) is 64.7 Å². The van der Waals surface area contributed by atoms with Crippen LogP contribution in [0.25, 0.3) is 0 Å². The molecule has 134 valence electrons. The molecule has 0 aliphatic heterocycles. The van der Waals surface area contributed by atoms with Gasteiger partial charge in [0.15, 0.2) is 0 Å². The molecule has 10 nitrogen and oxygen atoms in total. The Morgan fingerprint density at radius 1 is 1.27 bits per heavy atom. The lowest BCUT2D eigenvalue weighted by Gasteiger charge is -2.05. The van der Waals surface area contributed by atoms with Crippen molar-refractivity contribution in [1.29, 1.82) is 0 Å². The summed E-state index contributed by atoms with van der Waals surface area (Å²) in [6.07, 6.45) is 5.53. The lowest BCUT2D eigenvalue weighted by atomic mass is 10.2. The molecule has 0 bridgehead atoms. The highest BCUT2D eigenvalue weighted by molar-refractivity contribution is 5.90. The Bertz CT molecular complexity index is 932. The van der Waals surface area contributed by atoms with Crippen LogP contribution in [0.5, 0.6) is 5.75 Å². The predicted molar refractivity (Wildman–Crippen MR) is 91.8 cm³/mol. The maximum Gasteiger partial charge on any atom is 0.307 e. The first-order valence-electron chi connectivity index (χ1n) is 7.65. The van der Waals surface area contributed by atoms with Crippen LogP contribution < -0.4 is 10.1 Å². The second kappa shape index (κ2) is 7.47. The zero-order valence-electron chi connectivity index (χ0n) is 13.9. The van der Waals surface area contributed by atoms with Crippen molar-refractivity contribution in [2.24, 2.45) is 0 Å². The second-order valence-electron chi connectivity index (χ2n) is 5.48. The minimum atomic E-state index is -0.565. The Hall–Kier alpha value is -3.69. The van der Waals surface area contributed by atoms with Crippen molar-refractivity contribution >= 4 is 17.3 Å². The van der Waals surface area contributed by atoms with Gasteiger partial charge < -0.3 is 10.1 Å². The Balaban J connectivity index is 1.58. The predicted octanol–water partition coefficient (Wildman–Crippen LogP) is 1.68. The van der Waals surface area contributed by atoms with Crippen LogP contribution in [0.15, 0.2) is 49.1 Å². The molecule has 0 saturated carbocycles. The number of rotatable bonds is 7. The molecule has 26 heavy (non-hydrogen) atoms. The third-order valence-corrected chi connectivity index (χ3v) is 3.53. The summed E-state index contributed by atoms with van der Waals surface area (Å²) < 4.78 is 8.07. The maximum absolute atomic E-state index is 12.0. The van der Waals surface area contributed by atoms with E-state index >= 15 is 0 Å². The van der Waals surface area contributed by atoms with E-state index in [4.69, 9.17) is 4.74 Å². The smallest absolute Gasteiger partial charge is 0.307 e. The van der Waals surface area contributed by atoms with Gasteiger partial charge in [-0.05, 0) is 17.7 Å². The highest BCUT2D eigenvalue weighted by Crippen LogP contribution is 2.14. The normalized spacial score (nSPS) is 10.5. The van der Waals surface area contributed by atoms with Crippen molar-refractivity contribution in [3.63, 3.8) is 0 Å². The number of methoxy groups -OCH3 is 1. The van der Waals surface area contributed by atoms with Crippen LogP contribution in [0.3, 0.4) is 0 Å². The average molecular weight is 356 g/mol. The zero-order chi connectivity index (χ0) is 18.5. The van der Waals surface area contributed by atoms with Gasteiger partial charge in [0.1, 0.15) is 24.7 Å². The summed E-state index contributed by atoms with van der Waals surface area (Å²) in [6, 6.07) is 7.61. The molecule has 0 unspecified atom stereocenters. The van der Waals surface area contributed by atoms with Crippen molar-refractivity contribution in [3.8, 4) is 5.75 Å². The number of anilines is 1. The molecule has 0 radical (unpaired) electrons. The zero-order valence-corrected chi connectivity index (χ0v) is 13.9. The van der Waals surface area contributed by atoms with E-state index in [1.165, 1.54) is 17.1 Å². The summed E-state index contributed by atoms with van der Waals surface area (Å²) in [7, 11) is 1.61. The monoisotopic (exact) mass is 356 g/mol. The van der Waals surface area contributed by atoms with Crippen LogP contribution >= 0.6 is 0 Å². The van der Waals surface area contributed by atoms with Crippen molar-refractivity contribution in [2.75, 3.05) is 12.4 Å². The topological polar surface area (TPSA) is 117 Å². The minimum absolute atomic E-state index is 0.130. The summed E-state index contributed by atoms with van der Waals surface area (Å²) in [5.41, 5.74) is 1.37. The molecule has 3 rings (SSSR count). The van der Waals surface area contributed by atoms with E-state index in [9.17, 15) is 14.9 Å². The van der Waals surface area contributed by atoms with Gasteiger partial charge >= 0.3 is 5.69 Å². The molecule has 1 amide bonds. The Labute approximate surface area is 148 Å². The highest BCUT2D eigenvalue weighted by Gasteiger charge is 2.12. The number of carbonyl (C=O) groups excluding carboxylic acids is 1. The fraction of sp³-hybridized carbons (Fsp3) is 0.188. The molecule has 1 N–H and O–H groups in total. The molecule has 0 spiro atoms. The third-order valence-electron chi connectivity index (χ3n) is 3.53. The van der Waals surface area contributed by atoms with E-state index in [2.05, 4.69) is 15.5 Å². The lowest BCUT2D eigenvalue weighted by Crippen LogP contribution is -2.18. The van der Waals surface area contributed by atoms with E-state index < -0.39 is 4.92 Å². The number of ether oxygens (including phenoxy) is 1. The first-order chi connectivity index (χ1) is 12.5. The molecule has 2 aromatic heterocycles. The molecule has 0 aliphatic carbocycles. The number of nitrogens with zero attached hydrogens (tertiary/aromatic N) is 5. The number of carbonyl (C=O) groups is 1. The second-order valence-corrected chi connectivity index (χ2v) is 5.48. The molecule has 1 aromatic carbocycles. The van der Waals surface area contributed by atoms with Gasteiger partial charge in [-0.15, -0.1) is 0 Å². The molecule has 10 heteroatoms. The van der Waals surface area contributed by atoms with Crippen molar-refractivity contribution in [2.45, 2.75) is 13.1 Å². The van der Waals surface area contributed by atoms with Gasteiger partial charge in [0, 0.05) is 6.20 Å². The van der Waals surface area contributed by atoms with Gasteiger partial charge in [0.2, 0.25) is 5.91 Å². The van der Waals surface area contributed by atoms with E-state index in [0.717, 1.165) is 17.5 Å². The number of benzene rings is 1. The Morgan fingerprint density at radius 3 is 2.81 bits per heavy atom. The van der Waals surface area contributed by atoms with E-state index in [1.807, 2.05) is 24.3 Å². The first kappa shape index (κ1) is 17.1. The fourth-order valence-electron chi connectivity index (χ4n) is 2.35. The quantitative estimate of drug-likeness (QED) is 0.508. The summed E-state index contributed by atoms with van der Waals surface area (Å²) in [4.78, 5) is 22.1. The number of amides is 1. The molecule has 0 saturated heterocycles. The first-order valence-corrected chi connectivity index (χ1v) is 7.65. The van der Waals surface area contributed by atoms with Gasteiger partial charge in [0.05, 0.1) is 30.5 Å². The minimum Gasteiger partial charge on any atom is -0.497 e. The summed E-state index contributed by atoms with van der Waals surface area (Å²) in [5, 5.41) is 21.3. The van der Waals surface area contributed by atoms with Gasteiger partial charge in [-0.3, -0.25) is 24.3 Å².